The summed E-state index contributed by atoms with van der Waals surface area (Å²) in [5.41, 5.74) is -0.975. The highest BCUT2D eigenvalue weighted by molar-refractivity contribution is 8.00. The van der Waals surface area contributed by atoms with Crippen molar-refractivity contribution in [1.82, 2.24) is 4.98 Å². The number of alkyl halides is 3. The number of rotatable bonds is 3. The van der Waals surface area contributed by atoms with Gasteiger partial charge in [0, 0.05) is 16.4 Å². The predicted molar refractivity (Wildman–Crippen MR) is 117 cm³/mol. The number of hydrogen-bond donors (Lipinski definition) is 1. The summed E-state index contributed by atoms with van der Waals surface area (Å²) in [7, 11) is 1.46. The summed E-state index contributed by atoms with van der Waals surface area (Å²) in [4.78, 5) is 42.7. The zero-order chi connectivity index (χ0) is 23.5. The molecule has 0 radical (unpaired) electrons. The molecule has 2 aliphatic heterocycles. The number of aromatic nitrogens is 1. The molecule has 1 aromatic heterocycles. The van der Waals surface area contributed by atoms with Gasteiger partial charge in [-0.05, 0) is 18.2 Å². The first-order valence-electron chi connectivity index (χ1n) is 9.79. The van der Waals surface area contributed by atoms with Crippen LogP contribution in [0.1, 0.15) is 21.9 Å². The number of H-pyrrole nitrogens is 1. The highest BCUT2D eigenvalue weighted by Gasteiger charge is 2.57. The number of benzene rings is 2. The molecule has 0 aliphatic carbocycles. The number of methoxy groups -OCH3 is 1. The summed E-state index contributed by atoms with van der Waals surface area (Å²) in [5.74, 6) is -2.76. The number of thiazole rings is 1. The van der Waals surface area contributed by atoms with Gasteiger partial charge in [-0.1, -0.05) is 53.4 Å². The molecule has 11 heteroatoms. The number of ether oxygens (including phenoxy) is 1. The van der Waals surface area contributed by atoms with Gasteiger partial charge in [0.2, 0.25) is 11.8 Å². The number of nitrogens with one attached hydrogen (secondary N) is 1. The lowest BCUT2D eigenvalue weighted by molar-refractivity contribution is -0.137. The summed E-state index contributed by atoms with van der Waals surface area (Å²) in [6, 6.07) is 11.4. The zero-order valence-electron chi connectivity index (χ0n) is 16.9. The SMILES string of the molecule is COc1ccccc1C1c2sc(=O)[nH]c2SC2C(=O)N(c3ccccc3C(F)(F)F)C(=O)C21. The van der Waals surface area contributed by atoms with Gasteiger partial charge in [0.05, 0.1) is 29.3 Å². The van der Waals surface area contributed by atoms with Gasteiger partial charge in [-0.2, -0.15) is 13.2 Å². The van der Waals surface area contributed by atoms with Gasteiger partial charge in [0.25, 0.3) is 0 Å². The van der Waals surface area contributed by atoms with E-state index >= 15 is 0 Å². The molecule has 33 heavy (non-hydrogen) atoms. The number of fused-ring (bicyclic) bond motifs is 2. The second-order valence-electron chi connectivity index (χ2n) is 7.52. The van der Waals surface area contributed by atoms with Crippen molar-refractivity contribution in [2.45, 2.75) is 22.4 Å². The molecule has 1 N–H and O–H groups in total. The number of amides is 2. The molecule has 170 valence electrons. The van der Waals surface area contributed by atoms with E-state index in [1.165, 1.54) is 19.2 Å². The number of imide groups is 1. The first-order chi connectivity index (χ1) is 15.7. The average Bonchev–Trinajstić information content (AvgIpc) is 3.27. The number of anilines is 1. The lowest BCUT2D eigenvalue weighted by Gasteiger charge is -2.30. The molecule has 3 heterocycles. The van der Waals surface area contributed by atoms with E-state index in [0.29, 0.717) is 26.1 Å². The normalized spacial score (nSPS) is 22.3. The number of carbonyl (C=O) groups excluding carboxylic acids is 2. The Hall–Kier alpha value is -3.05. The van der Waals surface area contributed by atoms with Gasteiger partial charge in [-0.25, -0.2) is 4.90 Å². The molecule has 0 bridgehead atoms. The Morgan fingerprint density at radius 3 is 2.42 bits per heavy atom. The van der Waals surface area contributed by atoms with E-state index in [2.05, 4.69) is 4.98 Å². The highest BCUT2D eigenvalue weighted by atomic mass is 32.2. The molecule has 0 saturated carbocycles. The van der Waals surface area contributed by atoms with E-state index < -0.39 is 46.3 Å². The Morgan fingerprint density at radius 2 is 1.70 bits per heavy atom. The van der Waals surface area contributed by atoms with Crippen molar-refractivity contribution in [2.24, 2.45) is 5.92 Å². The number of carbonyl (C=O) groups is 2. The van der Waals surface area contributed by atoms with Crippen LogP contribution in [0, 0.1) is 5.92 Å². The molecule has 5 rings (SSSR count). The number of hydrogen-bond acceptors (Lipinski definition) is 6. The van der Waals surface area contributed by atoms with E-state index in [1.807, 2.05) is 0 Å². The molecule has 1 saturated heterocycles. The number of aromatic amines is 1. The van der Waals surface area contributed by atoms with Crippen LogP contribution in [0.15, 0.2) is 58.4 Å². The third-order valence-corrected chi connectivity index (χ3v) is 8.15. The molecule has 1 fully saturated rings. The second-order valence-corrected chi connectivity index (χ2v) is 9.69. The summed E-state index contributed by atoms with van der Waals surface area (Å²) < 4.78 is 46.5. The molecule has 6 nitrogen and oxygen atoms in total. The monoisotopic (exact) mass is 492 g/mol. The molecule has 2 amide bonds. The molecular formula is C22H15F3N2O4S2. The Morgan fingerprint density at radius 1 is 1.00 bits per heavy atom. The van der Waals surface area contributed by atoms with Crippen molar-refractivity contribution >= 4 is 40.6 Å². The first-order valence-corrected chi connectivity index (χ1v) is 11.5. The topological polar surface area (TPSA) is 79.5 Å². The van der Waals surface area contributed by atoms with Crippen LogP contribution in [0.5, 0.6) is 5.75 Å². The van der Waals surface area contributed by atoms with Gasteiger partial charge in [-0.15, -0.1) is 0 Å². The smallest absolute Gasteiger partial charge is 0.418 e. The quantitative estimate of drug-likeness (QED) is 0.553. The predicted octanol–water partition coefficient (Wildman–Crippen LogP) is 4.26. The van der Waals surface area contributed by atoms with Crippen LogP contribution in [0.4, 0.5) is 18.9 Å². The Kier molecular flexibility index (Phi) is 5.13. The van der Waals surface area contributed by atoms with E-state index in [9.17, 15) is 27.6 Å². The average molecular weight is 493 g/mol. The zero-order valence-corrected chi connectivity index (χ0v) is 18.5. The largest absolute Gasteiger partial charge is 0.496 e. The molecule has 2 aromatic carbocycles. The standard InChI is InChI=1S/C22H15F3N2O4S2/c1-31-13-9-5-2-6-10(13)14-15-17(32-18-16(14)33-21(30)26-18)20(29)27(19(15)28)12-8-4-3-7-11(12)22(23,24)25/h2-9,14-15,17H,1H3,(H,26,30). The van der Waals surface area contributed by atoms with Crippen LogP contribution in [0.3, 0.4) is 0 Å². The molecule has 0 spiro atoms. The molecular weight excluding hydrogens is 477 g/mol. The minimum absolute atomic E-state index is 0.341. The first kappa shape index (κ1) is 21.8. The third-order valence-electron chi connectivity index (χ3n) is 5.75. The van der Waals surface area contributed by atoms with Gasteiger partial charge >= 0.3 is 11.0 Å². The second kappa shape index (κ2) is 7.77. The van der Waals surface area contributed by atoms with E-state index in [-0.39, 0.29) is 4.87 Å². The summed E-state index contributed by atoms with van der Waals surface area (Å²) in [6.45, 7) is 0. The van der Waals surface area contributed by atoms with Crippen molar-refractivity contribution in [3.8, 4) is 5.75 Å². The highest BCUT2D eigenvalue weighted by Crippen LogP contribution is 2.55. The minimum atomic E-state index is -4.75. The van der Waals surface area contributed by atoms with E-state index in [1.54, 1.807) is 24.3 Å². The number of para-hydroxylation sites is 2. The number of halogens is 3. The fourth-order valence-electron chi connectivity index (χ4n) is 4.42. The Balaban J connectivity index is 1.69. The number of nitrogens with zero attached hydrogens (tertiary/aromatic N) is 1. The van der Waals surface area contributed by atoms with Crippen LogP contribution in [0.2, 0.25) is 0 Å². The van der Waals surface area contributed by atoms with E-state index in [0.717, 1.165) is 35.2 Å². The lowest BCUT2D eigenvalue weighted by Crippen LogP contribution is -2.33. The fraction of sp³-hybridized carbons (Fsp3) is 0.227. The van der Waals surface area contributed by atoms with Gasteiger partial charge < -0.3 is 9.72 Å². The molecule has 3 aromatic rings. The van der Waals surface area contributed by atoms with Crippen LogP contribution in [0.25, 0.3) is 0 Å². The minimum Gasteiger partial charge on any atom is -0.496 e. The van der Waals surface area contributed by atoms with Crippen molar-refractivity contribution in [3.63, 3.8) is 0 Å². The van der Waals surface area contributed by atoms with Crippen LogP contribution in [-0.2, 0) is 15.8 Å². The Labute approximate surface area is 193 Å². The summed E-state index contributed by atoms with van der Waals surface area (Å²) in [6.07, 6.45) is -4.75. The Bertz CT molecular complexity index is 1330. The van der Waals surface area contributed by atoms with Crippen molar-refractivity contribution in [2.75, 3.05) is 12.0 Å². The number of thioether (sulfide) groups is 1. The molecule has 3 atom stereocenters. The van der Waals surface area contributed by atoms with Crippen LogP contribution < -0.4 is 14.5 Å². The van der Waals surface area contributed by atoms with Crippen molar-refractivity contribution in [1.29, 1.82) is 0 Å². The molecule has 3 unspecified atom stereocenters. The van der Waals surface area contributed by atoms with E-state index in [4.69, 9.17) is 4.74 Å². The maximum absolute atomic E-state index is 13.7. The van der Waals surface area contributed by atoms with Gasteiger partial charge in [0.1, 0.15) is 11.0 Å². The maximum Gasteiger partial charge on any atom is 0.418 e. The molecule has 2 aliphatic rings. The third kappa shape index (κ3) is 3.37. The van der Waals surface area contributed by atoms with Gasteiger partial charge in [-0.3, -0.25) is 14.4 Å². The lowest BCUT2D eigenvalue weighted by atomic mass is 9.82. The fourth-order valence-corrected chi connectivity index (χ4v) is 6.93. The van der Waals surface area contributed by atoms with Crippen molar-refractivity contribution < 1.29 is 27.5 Å². The van der Waals surface area contributed by atoms with Gasteiger partial charge in [0.15, 0.2) is 0 Å². The summed E-state index contributed by atoms with van der Waals surface area (Å²) >= 11 is 1.92. The van der Waals surface area contributed by atoms with Crippen molar-refractivity contribution in [3.05, 3.63) is 74.2 Å². The maximum atomic E-state index is 13.7. The van der Waals surface area contributed by atoms with Crippen LogP contribution >= 0.6 is 23.1 Å². The van der Waals surface area contributed by atoms with Crippen LogP contribution in [-0.4, -0.2) is 29.2 Å². The summed E-state index contributed by atoms with van der Waals surface area (Å²) in [5, 5.41) is -0.555.